The van der Waals surface area contributed by atoms with E-state index < -0.39 is 0 Å². The van der Waals surface area contributed by atoms with E-state index in [2.05, 4.69) is 4.98 Å². The molecule has 0 unspecified atom stereocenters. The molecule has 0 spiro atoms. The van der Waals surface area contributed by atoms with Crippen LogP contribution in [0.3, 0.4) is 0 Å². The van der Waals surface area contributed by atoms with Crippen LogP contribution in [0.15, 0.2) is 18.5 Å². The lowest BCUT2D eigenvalue weighted by atomic mass is 10.1. The van der Waals surface area contributed by atoms with Gasteiger partial charge in [-0.25, -0.2) is 9.37 Å². The molecule has 0 aliphatic rings. The number of hydrogen-bond donors (Lipinski definition) is 0. The van der Waals surface area contributed by atoms with Gasteiger partial charge >= 0.3 is 0 Å². The van der Waals surface area contributed by atoms with Gasteiger partial charge in [0.15, 0.2) is 0 Å². The van der Waals surface area contributed by atoms with E-state index in [9.17, 15) is 4.39 Å². The van der Waals surface area contributed by atoms with Crippen molar-refractivity contribution in [3.63, 3.8) is 0 Å². The van der Waals surface area contributed by atoms with Crippen molar-refractivity contribution in [1.82, 2.24) is 9.38 Å². The summed E-state index contributed by atoms with van der Waals surface area (Å²) in [6.45, 7) is 5.86. The molecule has 0 atom stereocenters. The summed E-state index contributed by atoms with van der Waals surface area (Å²) in [6.07, 6.45) is 3.72. The molecule has 2 heterocycles. The van der Waals surface area contributed by atoms with Gasteiger partial charge < -0.3 is 4.40 Å². The summed E-state index contributed by atoms with van der Waals surface area (Å²) >= 11 is 0. The van der Waals surface area contributed by atoms with Crippen LogP contribution < -0.4 is 0 Å². The number of fused-ring (bicyclic) bond motifs is 1. The first-order valence-electron chi connectivity index (χ1n) is 4.72. The predicted octanol–water partition coefficient (Wildman–Crippen LogP) is 2.91. The van der Waals surface area contributed by atoms with Crippen molar-refractivity contribution in [2.75, 3.05) is 0 Å². The van der Waals surface area contributed by atoms with Gasteiger partial charge in [0.2, 0.25) is 0 Å². The first kappa shape index (κ1) is 9.19. The summed E-state index contributed by atoms with van der Waals surface area (Å²) in [5.74, 6) is 0.0280. The van der Waals surface area contributed by atoms with Crippen molar-refractivity contribution in [1.29, 1.82) is 0 Å². The third kappa shape index (κ3) is 1.39. The Morgan fingerprint density at radius 3 is 2.71 bits per heavy atom. The van der Waals surface area contributed by atoms with Crippen LogP contribution in [-0.4, -0.2) is 9.38 Å². The van der Waals surface area contributed by atoms with Gasteiger partial charge in [0.25, 0.3) is 0 Å². The van der Waals surface area contributed by atoms with Crippen molar-refractivity contribution in [2.24, 2.45) is 0 Å². The minimum absolute atomic E-state index is 0.168. The van der Waals surface area contributed by atoms with Crippen molar-refractivity contribution in [2.45, 2.75) is 26.7 Å². The molecule has 0 radical (unpaired) electrons. The fourth-order valence-electron chi connectivity index (χ4n) is 1.58. The lowest BCUT2D eigenvalue weighted by Gasteiger charge is -2.07. The van der Waals surface area contributed by atoms with Crippen LogP contribution in [0, 0.1) is 12.7 Å². The summed E-state index contributed by atoms with van der Waals surface area (Å²) in [7, 11) is 0. The molecule has 0 aliphatic carbocycles. The Morgan fingerprint density at radius 1 is 1.36 bits per heavy atom. The number of imidazole rings is 1. The molecule has 0 saturated carbocycles. The minimum atomic E-state index is -0.168. The molecule has 0 fully saturated rings. The lowest BCUT2D eigenvalue weighted by Crippen LogP contribution is -1.96. The van der Waals surface area contributed by atoms with Gasteiger partial charge in [-0.05, 0) is 12.8 Å². The van der Waals surface area contributed by atoms with Gasteiger partial charge in [0.05, 0.1) is 5.69 Å². The van der Waals surface area contributed by atoms with Gasteiger partial charge in [0, 0.05) is 24.0 Å². The number of hydrogen-bond acceptors (Lipinski definition) is 1. The highest BCUT2D eigenvalue weighted by molar-refractivity contribution is 5.42. The molecule has 3 heteroatoms. The normalized spacial score (nSPS) is 11.5. The van der Waals surface area contributed by atoms with Gasteiger partial charge in [-0.3, -0.25) is 0 Å². The molecule has 0 aromatic carbocycles. The van der Waals surface area contributed by atoms with E-state index in [0.717, 1.165) is 11.3 Å². The zero-order valence-corrected chi connectivity index (χ0v) is 8.58. The van der Waals surface area contributed by atoms with Crippen molar-refractivity contribution in [3.8, 4) is 0 Å². The zero-order chi connectivity index (χ0) is 10.3. The average Bonchev–Trinajstić information content (AvgIpc) is 2.42. The van der Waals surface area contributed by atoms with Crippen LogP contribution in [0.4, 0.5) is 4.39 Å². The zero-order valence-electron chi connectivity index (χ0n) is 8.58. The molecular weight excluding hydrogens is 179 g/mol. The Balaban J connectivity index is 2.70. The first-order chi connectivity index (χ1) is 6.58. The minimum Gasteiger partial charge on any atom is -0.306 e. The Bertz CT molecular complexity index is 471. The molecule has 2 rings (SSSR count). The monoisotopic (exact) mass is 192 g/mol. The number of aryl methyl sites for hydroxylation is 1. The maximum Gasteiger partial charge on any atom is 0.139 e. The van der Waals surface area contributed by atoms with E-state index in [0.29, 0.717) is 5.65 Å². The molecule has 0 amide bonds. The van der Waals surface area contributed by atoms with Gasteiger partial charge in [-0.15, -0.1) is 0 Å². The highest BCUT2D eigenvalue weighted by Crippen LogP contribution is 2.19. The summed E-state index contributed by atoms with van der Waals surface area (Å²) in [6, 6.07) is 1.49. The topological polar surface area (TPSA) is 17.3 Å². The van der Waals surface area contributed by atoms with E-state index in [1.54, 1.807) is 0 Å². The average molecular weight is 192 g/mol. The van der Waals surface area contributed by atoms with E-state index in [-0.39, 0.29) is 11.7 Å². The lowest BCUT2D eigenvalue weighted by molar-refractivity contribution is 0.595. The molecule has 2 aromatic heterocycles. The molecule has 14 heavy (non-hydrogen) atoms. The third-order valence-corrected chi connectivity index (χ3v) is 2.31. The summed E-state index contributed by atoms with van der Waals surface area (Å²) in [5, 5.41) is 0. The Labute approximate surface area is 82.4 Å². The molecule has 0 bridgehead atoms. The van der Waals surface area contributed by atoms with Crippen LogP contribution in [0.25, 0.3) is 5.65 Å². The van der Waals surface area contributed by atoms with Crippen LogP contribution >= 0.6 is 0 Å². The molecular formula is C11H13FN2. The Kier molecular flexibility index (Phi) is 2.02. The fourth-order valence-corrected chi connectivity index (χ4v) is 1.58. The molecule has 74 valence electrons. The van der Waals surface area contributed by atoms with E-state index in [1.807, 2.05) is 37.6 Å². The maximum absolute atomic E-state index is 13.5. The second-order valence-corrected chi connectivity index (χ2v) is 3.88. The number of aromatic nitrogens is 2. The smallest absolute Gasteiger partial charge is 0.139 e. The number of halogens is 1. The van der Waals surface area contributed by atoms with Crippen LogP contribution in [0.5, 0.6) is 0 Å². The fraction of sp³-hybridized carbons (Fsp3) is 0.364. The van der Waals surface area contributed by atoms with Gasteiger partial charge in [-0.2, -0.15) is 0 Å². The quantitative estimate of drug-likeness (QED) is 0.679. The van der Waals surface area contributed by atoms with Gasteiger partial charge in [-0.1, -0.05) is 13.8 Å². The highest BCUT2D eigenvalue weighted by Gasteiger charge is 2.09. The molecule has 0 saturated heterocycles. The summed E-state index contributed by atoms with van der Waals surface area (Å²) in [5.41, 5.74) is 2.31. The Morgan fingerprint density at radius 2 is 2.07 bits per heavy atom. The SMILES string of the molecule is Cc1cn2cc(C(C)C)c(F)cc2n1. The third-order valence-electron chi connectivity index (χ3n) is 2.31. The number of rotatable bonds is 1. The predicted molar refractivity (Wildman–Crippen MR) is 54.0 cm³/mol. The largest absolute Gasteiger partial charge is 0.306 e. The second kappa shape index (κ2) is 3.08. The van der Waals surface area contributed by atoms with E-state index in [4.69, 9.17) is 0 Å². The molecule has 2 aromatic rings. The molecule has 0 N–H and O–H groups in total. The molecule has 0 aliphatic heterocycles. The van der Waals surface area contributed by atoms with E-state index >= 15 is 0 Å². The van der Waals surface area contributed by atoms with E-state index in [1.165, 1.54) is 6.07 Å². The van der Waals surface area contributed by atoms with Crippen molar-refractivity contribution >= 4 is 5.65 Å². The summed E-state index contributed by atoms with van der Waals surface area (Å²) in [4.78, 5) is 4.20. The number of pyridine rings is 1. The van der Waals surface area contributed by atoms with Gasteiger partial charge in [0.1, 0.15) is 11.5 Å². The summed E-state index contributed by atoms with van der Waals surface area (Å²) < 4.78 is 15.4. The molecule has 2 nitrogen and oxygen atoms in total. The van der Waals surface area contributed by atoms with Crippen molar-refractivity contribution in [3.05, 3.63) is 35.5 Å². The first-order valence-corrected chi connectivity index (χ1v) is 4.72. The Hall–Kier alpha value is -1.38. The van der Waals surface area contributed by atoms with Crippen LogP contribution in [0.2, 0.25) is 0 Å². The van der Waals surface area contributed by atoms with Crippen molar-refractivity contribution < 1.29 is 4.39 Å². The van der Waals surface area contributed by atoms with Crippen LogP contribution in [0.1, 0.15) is 31.0 Å². The second-order valence-electron chi connectivity index (χ2n) is 3.88. The van der Waals surface area contributed by atoms with Crippen LogP contribution in [-0.2, 0) is 0 Å². The maximum atomic E-state index is 13.5. The standard InChI is InChI=1S/C11H13FN2/c1-7(2)9-6-14-5-8(3)13-11(14)4-10(9)12/h4-7H,1-3H3. The number of nitrogens with zero attached hydrogens (tertiary/aromatic N) is 2. The highest BCUT2D eigenvalue weighted by atomic mass is 19.1.